The van der Waals surface area contributed by atoms with Crippen LogP contribution in [0.3, 0.4) is 0 Å². The number of allylic oxidation sites excluding steroid dienone is 2. The molecule has 1 aliphatic rings. The average Bonchev–Trinajstić information content (AvgIpc) is 2.23. The van der Waals surface area contributed by atoms with Crippen molar-refractivity contribution in [1.29, 1.82) is 0 Å². The summed E-state index contributed by atoms with van der Waals surface area (Å²) in [6, 6.07) is 10.4. The van der Waals surface area contributed by atoms with Gasteiger partial charge in [0, 0.05) is 6.42 Å². The van der Waals surface area contributed by atoms with Crippen LogP contribution in [0.25, 0.3) is 0 Å². The molecule has 2 nitrogen and oxygen atoms in total. The second kappa shape index (κ2) is 4.01. The lowest BCUT2D eigenvalue weighted by Gasteiger charge is -2.22. The first-order valence-corrected chi connectivity index (χ1v) is 5.16. The van der Waals surface area contributed by atoms with Gasteiger partial charge in [-0.1, -0.05) is 42.5 Å². The molecule has 0 saturated carbocycles. The third-order valence-corrected chi connectivity index (χ3v) is 2.58. The van der Waals surface area contributed by atoms with E-state index < -0.39 is 5.66 Å². The van der Waals surface area contributed by atoms with Crippen LogP contribution in [-0.2, 0) is 6.42 Å². The topological polar surface area (TPSA) is 52.0 Å². The summed E-state index contributed by atoms with van der Waals surface area (Å²) in [5.41, 5.74) is 13.5. The summed E-state index contributed by atoms with van der Waals surface area (Å²) >= 11 is 0. The Bertz CT molecular complexity index is 388. The van der Waals surface area contributed by atoms with Crippen molar-refractivity contribution in [3.63, 3.8) is 0 Å². The minimum absolute atomic E-state index is 0.653. The Kier molecular flexibility index (Phi) is 2.71. The highest BCUT2D eigenvalue weighted by atomic mass is 14.9. The molecule has 2 rings (SSSR count). The number of hydrogen-bond donors (Lipinski definition) is 2. The number of benzene rings is 1. The van der Waals surface area contributed by atoms with Crippen molar-refractivity contribution in [2.24, 2.45) is 11.5 Å². The van der Waals surface area contributed by atoms with Gasteiger partial charge in [-0.2, -0.15) is 0 Å². The van der Waals surface area contributed by atoms with Gasteiger partial charge < -0.3 is 11.5 Å². The van der Waals surface area contributed by atoms with Gasteiger partial charge in [0.2, 0.25) is 0 Å². The fourth-order valence-corrected chi connectivity index (χ4v) is 1.67. The minimum Gasteiger partial charge on any atom is -0.310 e. The molecule has 4 N–H and O–H groups in total. The van der Waals surface area contributed by atoms with E-state index in [0.29, 0.717) is 6.42 Å². The van der Waals surface area contributed by atoms with E-state index in [2.05, 4.69) is 30.3 Å². The molecule has 0 fully saturated rings. The number of nitrogens with two attached hydrogens (primary N) is 2. The van der Waals surface area contributed by atoms with Crippen LogP contribution in [0.5, 0.6) is 0 Å². The monoisotopic (exact) mass is 200 g/mol. The van der Waals surface area contributed by atoms with Gasteiger partial charge in [-0.25, -0.2) is 0 Å². The molecule has 0 aliphatic heterocycles. The molecule has 0 heterocycles. The highest BCUT2D eigenvalue weighted by Gasteiger charge is 2.16. The molecule has 0 spiro atoms. The van der Waals surface area contributed by atoms with Crippen molar-refractivity contribution < 1.29 is 0 Å². The van der Waals surface area contributed by atoms with Crippen LogP contribution >= 0.6 is 0 Å². The maximum atomic E-state index is 5.78. The van der Waals surface area contributed by atoms with Crippen molar-refractivity contribution in [2.75, 3.05) is 0 Å². The largest absolute Gasteiger partial charge is 0.310 e. The second-order valence-electron chi connectivity index (χ2n) is 4.09. The van der Waals surface area contributed by atoms with E-state index in [-0.39, 0.29) is 0 Å². The molecule has 1 aromatic rings. The van der Waals surface area contributed by atoms with Crippen LogP contribution < -0.4 is 11.5 Å². The molecular formula is C13H16N2. The van der Waals surface area contributed by atoms with Crippen molar-refractivity contribution in [2.45, 2.75) is 18.5 Å². The van der Waals surface area contributed by atoms with Crippen LogP contribution in [0.1, 0.15) is 12.0 Å². The first-order chi connectivity index (χ1) is 7.16. The molecule has 0 radical (unpaired) electrons. The van der Waals surface area contributed by atoms with Crippen molar-refractivity contribution >= 4 is 0 Å². The molecule has 2 heteroatoms. The lowest BCUT2D eigenvalue weighted by atomic mass is 9.94. The molecule has 78 valence electrons. The molecular weight excluding hydrogens is 184 g/mol. The average molecular weight is 200 g/mol. The van der Waals surface area contributed by atoms with E-state index in [9.17, 15) is 0 Å². The lowest BCUT2D eigenvalue weighted by Crippen LogP contribution is -2.47. The zero-order valence-electron chi connectivity index (χ0n) is 8.69. The lowest BCUT2D eigenvalue weighted by molar-refractivity contribution is 0.553. The zero-order valence-corrected chi connectivity index (χ0v) is 8.69. The smallest absolute Gasteiger partial charge is 0.0867 e. The Morgan fingerprint density at radius 1 is 1.13 bits per heavy atom. The van der Waals surface area contributed by atoms with Gasteiger partial charge in [0.15, 0.2) is 0 Å². The van der Waals surface area contributed by atoms with Crippen LogP contribution in [0, 0.1) is 0 Å². The van der Waals surface area contributed by atoms with Gasteiger partial charge in [0.1, 0.15) is 0 Å². The van der Waals surface area contributed by atoms with Crippen LogP contribution in [0.15, 0.2) is 54.1 Å². The molecule has 0 saturated heterocycles. The normalized spacial score (nSPS) is 18.7. The van der Waals surface area contributed by atoms with Crippen LogP contribution in [0.2, 0.25) is 0 Å². The van der Waals surface area contributed by atoms with Gasteiger partial charge >= 0.3 is 0 Å². The first-order valence-electron chi connectivity index (χ1n) is 5.16. The van der Waals surface area contributed by atoms with E-state index in [1.807, 2.05) is 18.2 Å². The molecule has 15 heavy (non-hydrogen) atoms. The highest BCUT2D eigenvalue weighted by molar-refractivity contribution is 5.33. The first kappa shape index (κ1) is 10.1. The third kappa shape index (κ3) is 2.78. The maximum Gasteiger partial charge on any atom is 0.0867 e. The van der Waals surface area contributed by atoms with E-state index in [1.165, 1.54) is 11.1 Å². The van der Waals surface area contributed by atoms with E-state index in [1.54, 1.807) is 0 Å². The summed E-state index contributed by atoms with van der Waals surface area (Å²) in [7, 11) is 0. The molecule has 0 aromatic heterocycles. The van der Waals surface area contributed by atoms with E-state index >= 15 is 0 Å². The molecule has 1 aliphatic carbocycles. The predicted molar refractivity (Wildman–Crippen MR) is 63.1 cm³/mol. The van der Waals surface area contributed by atoms with E-state index in [4.69, 9.17) is 11.5 Å². The summed E-state index contributed by atoms with van der Waals surface area (Å²) in [4.78, 5) is 0. The van der Waals surface area contributed by atoms with Gasteiger partial charge in [0.05, 0.1) is 5.66 Å². The van der Waals surface area contributed by atoms with Gasteiger partial charge in [-0.3, -0.25) is 0 Å². The fourth-order valence-electron chi connectivity index (χ4n) is 1.67. The van der Waals surface area contributed by atoms with E-state index in [0.717, 1.165) is 6.42 Å². The fraction of sp³-hybridized carbons (Fsp3) is 0.231. The predicted octanol–water partition coefficient (Wildman–Crippen LogP) is 1.73. The zero-order chi connectivity index (χ0) is 10.7. The summed E-state index contributed by atoms with van der Waals surface area (Å²) < 4.78 is 0. The Morgan fingerprint density at radius 3 is 2.47 bits per heavy atom. The second-order valence-corrected chi connectivity index (χ2v) is 4.09. The standard InChI is InChI=1S/C13H16N2/c14-13(15)8-6-12(7-9-13)10-11-4-2-1-3-5-11/h1-8H,9-10,14-15H2. The molecule has 0 amide bonds. The quantitative estimate of drug-likeness (QED) is 0.714. The number of hydrogen-bond acceptors (Lipinski definition) is 2. The Hall–Kier alpha value is -1.38. The van der Waals surface area contributed by atoms with Gasteiger partial charge in [-0.15, -0.1) is 0 Å². The highest BCUT2D eigenvalue weighted by Crippen LogP contribution is 2.17. The molecule has 0 bridgehead atoms. The van der Waals surface area contributed by atoms with Gasteiger partial charge in [-0.05, 0) is 23.6 Å². The molecule has 0 atom stereocenters. The van der Waals surface area contributed by atoms with Crippen molar-refractivity contribution in [1.82, 2.24) is 0 Å². The Balaban J connectivity index is 2.04. The van der Waals surface area contributed by atoms with Gasteiger partial charge in [0.25, 0.3) is 0 Å². The number of rotatable bonds is 2. The summed E-state index contributed by atoms with van der Waals surface area (Å²) in [5.74, 6) is 0. The Morgan fingerprint density at radius 2 is 1.87 bits per heavy atom. The van der Waals surface area contributed by atoms with Crippen molar-refractivity contribution in [3.8, 4) is 0 Å². The van der Waals surface area contributed by atoms with Crippen LogP contribution in [0.4, 0.5) is 0 Å². The van der Waals surface area contributed by atoms with Crippen molar-refractivity contribution in [3.05, 3.63) is 59.7 Å². The summed E-state index contributed by atoms with van der Waals surface area (Å²) in [6.07, 6.45) is 7.69. The van der Waals surface area contributed by atoms with Crippen LogP contribution in [-0.4, -0.2) is 5.66 Å². The molecule has 1 aromatic carbocycles. The molecule has 0 unspecified atom stereocenters. The SMILES string of the molecule is NC1(N)C=CC(Cc2ccccc2)=CC1. The Labute approximate surface area is 90.3 Å². The summed E-state index contributed by atoms with van der Waals surface area (Å²) in [6.45, 7) is 0. The maximum absolute atomic E-state index is 5.78. The minimum atomic E-state index is -0.653. The summed E-state index contributed by atoms with van der Waals surface area (Å²) in [5, 5.41) is 0. The third-order valence-electron chi connectivity index (χ3n) is 2.58.